The highest BCUT2D eigenvalue weighted by Gasteiger charge is 2.17. The molecule has 0 aliphatic carbocycles. The van der Waals surface area contributed by atoms with Crippen LogP contribution in [0, 0.1) is 5.82 Å². The predicted octanol–water partition coefficient (Wildman–Crippen LogP) is 5.44. The molecule has 1 amide bonds. The summed E-state index contributed by atoms with van der Waals surface area (Å²) in [6.07, 6.45) is -4.01. The van der Waals surface area contributed by atoms with Gasteiger partial charge in [0, 0.05) is 5.56 Å². The highest BCUT2D eigenvalue weighted by Crippen LogP contribution is 2.30. The minimum atomic E-state index is -3.09. The molecule has 1 heterocycles. The SMILES string of the molecule is O=C(Nc1ccc(F)c(C(F)F)n1)Oc1ccccc1-c1ccccc1. The van der Waals surface area contributed by atoms with Crippen LogP contribution in [0.3, 0.4) is 0 Å². The molecule has 26 heavy (non-hydrogen) atoms. The number of benzene rings is 2. The molecule has 132 valence electrons. The lowest BCUT2D eigenvalue weighted by molar-refractivity contribution is 0.140. The van der Waals surface area contributed by atoms with Gasteiger partial charge in [-0.25, -0.2) is 22.9 Å². The first kappa shape index (κ1) is 17.5. The Balaban J connectivity index is 1.79. The molecule has 1 aromatic heterocycles. The first-order chi connectivity index (χ1) is 12.5. The van der Waals surface area contributed by atoms with Crippen molar-refractivity contribution in [2.24, 2.45) is 0 Å². The quantitative estimate of drug-likeness (QED) is 0.676. The number of halogens is 3. The standard InChI is InChI=1S/C19H13F3N2O2/c20-14-10-11-16(23-17(14)18(21)22)24-19(25)26-15-9-5-4-8-13(15)12-6-2-1-3-7-12/h1-11,18H,(H,23,24,25). The van der Waals surface area contributed by atoms with Crippen molar-refractivity contribution in [2.75, 3.05) is 5.32 Å². The number of carbonyl (C=O) groups excluding carboxylic acids is 1. The van der Waals surface area contributed by atoms with Crippen molar-refractivity contribution in [1.29, 1.82) is 0 Å². The summed E-state index contributed by atoms with van der Waals surface area (Å²) in [5.41, 5.74) is 0.492. The molecule has 0 saturated carbocycles. The number of aromatic nitrogens is 1. The molecule has 0 fully saturated rings. The molecular formula is C19H13F3N2O2. The van der Waals surface area contributed by atoms with E-state index in [4.69, 9.17) is 4.74 Å². The van der Waals surface area contributed by atoms with E-state index in [0.29, 0.717) is 5.56 Å². The second-order valence-corrected chi connectivity index (χ2v) is 5.24. The first-order valence-electron chi connectivity index (χ1n) is 7.62. The third kappa shape index (κ3) is 4.00. The fraction of sp³-hybridized carbons (Fsp3) is 0.0526. The van der Waals surface area contributed by atoms with Crippen LogP contribution in [0.25, 0.3) is 11.1 Å². The van der Waals surface area contributed by atoms with Crippen molar-refractivity contribution in [3.8, 4) is 16.9 Å². The van der Waals surface area contributed by atoms with E-state index in [0.717, 1.165) is 17.7 Å². The van der Waals surface area contributed by atoms with E-state index >= 15 is 0 Å². The number of alkyl halides is 2. The highest BCUT2D eigenvalue weighted by molar-refractivity contribution is 5.86. The molecule has 7 heteroatoms. The number of ether oxygens (including phenoxy) is 1. The monoisotopic (exact) mass is 358 g/mol. The van der Waals surface area contributed by atoms with E-state index in [2.05, 4.69) is 10.3 Å². The van der Waals surface area contributed by atoms with Crippen molar-refractivity contribution in [3.63, 3.8) is 0 Å². The highest BCUT2D eigenvalue weighted by atomic mass is 19.3. The zero-order valence-corrected chi connectivity index (χ0v) is 13.3. The van der Waals surface area contributed by atoms with Crippen molar-refractivity contribution in [2.45, 2.75) is 6.43 Å². The van der Waals surface area contributed by atoms with Gasteiger partial charge >= 0.3 is 6.09 Å². The summed E-state index contributed by atoms with van der Waals surface area (Å²) < 4.78 is 43.9. The Morgan fingerprint density at radius 2 is 1.65 bits per heavy atom. The average Bonchev–Trinajstić information content (AvgIpc) is 2.64. The van der Waals surface area contributed by atoms with Gasteiger partial charge in [-0.3, -0.25) is 5.32 Å². The summed E-state index contributed by atoms with van der Waals surface area (Å²) in [4.78, 5) is 15.5. The van der Waals surface area contributed by atoms with Crippen LogP contribution in [-0.4, -0.2) is 11.1 Å². The second kappa shape index (κ2) is 7.69. The lowest BCUT2D eigenvalue weighted by Crippen LogP contribution is -2.18. The zero-order valence-electron chi connectivity index (χ0n) is 13.3. The Labute approximate surface area is 147 Å². The largest absolute Gasteiger partial charge is 0.418 e. The Morgan fingerprint density at radius 1 is 0.962 bits per heavy atom. The number of anilines is 1. The third-order valence-corrected chi connectivity index (χ3v) is 3.48. The molecule has 0 saturated heterocycles. The van der Waals surface area contributed by atoms with E-state index in [1.807, 2.05) is 30.3 Å². The zero-order chi connectivity index (χ0) is 18.5. The first-order valence-corrected chi connectivity index (χ1v) is 7.62. The second-order valence-electron chi connectivity index (χ2n) is 5.24. The number of nitrogens with zero attached hydrogens (tertiary/aromatic N) is 1. The molecular weight excluding hydrogens is 345 g/mol. The number of nitrogens with one attached hydrogen (secondary N) is 1. The number of hydrogen-bond acceptors (Lipinski definition) is 3. The fourth-order valence-electron chi connectivity index (χ4n) is 2.32. The van der Waals surface area contributed by atoms with Gasteiger partial charge in [-0.2, -0.15) is 0 Å². The van der Waals surface area contributed by atoms with Gasteiger partial charge in [-0.1, -0.05) is 48.5 Å². The van der Waals surface area contributed by atoms with Gasteiger partial charge in [0.2, 0.25) is 0 Å². The van der Waals surface area contributed by atoms with Crippen LogP contribution in [0.2, 0.25) is 0 Å². The van der Waals surface area contributed by atoms with Crippen molar-refractivity contribution in [3.05, 3.63) is 78.2 Å². The van der Waals surface area contributed by atoms with Gasteiger partial charge in [0.1, 0.15) is 17.3 Å². The summed E-state index contributed by atoms with van der Waals surface area (Å²) >= 11 is 0. The lowest BCUT2D eigenvalue weighted by atomic mass is 10.1. The van der Waals surface area contributed by atoms with E-state index in [9.17, 15) is 18.0 Å². The van der Waals surface area contributed by atoms with Gasteiger partial charge in [0.15, 0.2) is 5.82 Å². The van der Waals surface area contributed by atoms with Crippen molar-refractivity contribution in [1.82, 2.24) is 4.98 Å². The van der Waals surface area contributed by atoms with Gasteiger partial charge in [0.05, 0.1) is 0 Å². The van der Waals surface area contributed by atoms with Crippen molar-refractivity contribution >= 4 is 11.9 Å². The Morgan fingerprint density at radius 3 is 2.38 bits per heavy atom. The molecule has 0 atom stereocenters. The van der Waals surface area contributed by atoms with Gasteiger partial charge in [0.25, 0.3) is 6.43 Å². The van der Waals surface area contributed by atoms with Crippen LogP contribution in [0.4, 0.5) is 23.8 Å². The smallest absolute Gasteiger partial charge is 0.409 e. The van der Waals surface area contributed by atoms with Gasteiger partial charge < -0.3 is 4.74 Å². The Kier molecular flexibility index (Phi) is 5.17. The number of rotatable bonds is 4. The molecule has 0 spiro atoms. The number of carbonyl (C=O) groups is 1. The molecule has 3 rings (SSSR count). The molecule has 0 unspecified atom stereocenters. The number of amides is 1. The summed E-state index contributed by atoms with van der Waals surface area (Å²) in [5.74, 6) is -1.09. The minimum absolute atomic E-state index is 0.233. The van der Waals surface area contributed by atoms with Crippen LogP contribution < -0.4 is 10.1 Å². The van der Waals surface area contributed by atoms with Crippen molar-refractivity contribution < 1.29 is 22.7 Å². The number of hydrogen-bond donors (Lipinski definition) is 1. The van der Waals surface area contributed by atoms with E-state index < -0.39 is 24.0 Å². The van der Waals surface area contributed by atoms with Crippen LogP contribution in [0.15, 0.2) is 66.7 Å². The predicted molar refractivity (Wildman–Crippen MR) is 90.7 cm³/mol. The molecule has 1 N–H and O–H groups in total. The summed E-state index contributed by atoms with van der Waals surface area (Å²) in [6, 6.07) is 18.0. The summed E-state index contributed by atoms with van der Waals surface area (Å²) in [7, 11) is 0. The number of pyridine rings is 1. The maximum atomic E-state index is 13.3. The van der Waals surface area contributed by atoms with Gasteiger partial charge in [-0.05, 0) is 23.8 Å². The van der Waals surface area contributed by atoms with Crippen LogP contribution in [0.5, 0.6) is 5.75 Å². The molecule has 2 aromatic carbocycles. The average molecular weight is 358 g/mol. The molecule has 0 aliphatic heterocycles. The van der Waals surface area contributed by atoms with Gasteiger partial charge in [-0.15, -0.1) is 0 Å². The van der Waals surface area contributed by atoms with E-state index in [-0.39, 0.29) is 11.6 Å². The maximum Gasteiger partial charge on any atom is 0.418 e. The molecule has 0 bridgehead atoms. The minimum Gasteiger partial charge on any atom is -0.409 e. The summed E-state index contributed by atoms with van der Waals surface area (Å²) in [6.45, 7) is 0. The molecule has 4 nitrogen and oxygen atoms in total. The fourth-order valence-corrected chi connectivity index (χ4v) is 2.32. The maximum absolute atomic E-state index is 13.3. The lowest BCUT2D eigenvalue weighted by Gasteiger charge is -2.11. The normalized spacial score (nSPS) is 10.6. The van der Waals surface area contributed by atoms with E-state index in [1.165, 1.54) is 0 Å². The third-order valence-electron chi connectivity index (χ3n) is 3.48. The topological polar surface area (TPSA) is 51.2 Å². The Bertz CT molecular complexity index is 918. The molecule has 0 aliphatic rings. The molecule has 3 aromatic rings. The van der Waals surface area contributed by atoms with E-state index in [1.54, 1.807) is 24.3 Å². The van der Waals surface area contributed by atoms with Crippen LogP contribution in [0.1, 0.15) is 12.1 Å². The van der Waals surface area contributed by atoms with Crippen LogP contribution >= 0.6 is 0 Å². The molecule has 0 radical (unpaired) electrons. The Hall–Kier alpha value is -3.35. The van der Waals surface area contributed by atoms with Crippen LogP contribution in [-0.2, 0) is 0 Å². The number of para-hydroxylation sites is 1. The summed E-state index contributed by atoms with van der Waals surface area (Å²) in [5, 5.41) is 2.22.